The number of aromatic nitrogens is 6. The smallest absolute Gasteiger partial charge is 0.222 e. The molecule has 0 aromatic carbocycles. The summed E-state index contributed by atoms with van der Waals surface area (Å²) in [5.41, 5.74) is 8.20. The van der Waals surface area contributed by atoms with Crippen molar-refractivity contribution in [1.82, 2.24) is 29.7 Å². The number of nitrogens with one attached hydrogen (secondary N) is 1. The molecule has 4 rings (SSSR count). The van der Waals surface area contributed by atoms with Gasteiger partial charge in [0.05, 0.1) is 18.6 Å². The van der Waals surface area contributed by atoms with E-state index < -0.39 is 0 Å². The van der Waals surface area contributed by atoms with Gasteiger partial charge in [0.1, 0.15) is 22.8 Å². The van der Waals surface area contributed by atoms with Crippen molar-refractivity contribution in [3.05, 3.63) is 54.1 Å². The number of nitrogen functional groups attached to an aromatic ring is 1. The quantitative estimate of drug-likeness (QED) is 0.565. The van der Waals surface area contributed by atoms with Gasteiger partial charge in [-0.2, -0.15) is 4.98 Å². The first-order valence-electron chi connectivity index (χ1n) is 7.73. The van der Waals surface area contributed by atoms with Crippen LogP contribution >= 0.6 is 0 Å². The number of rotatable bonds is 5. The number of anilines is 2. The zero-order valence-electron chi connectivity index (χ0n) is 13.5. The fourth-order valence-electron chi connectivity index (χ4n) is 2.62. The molecule has 4 aromatic rings. The van der Waals surface area contributed by atoms with Crippen LogP contribution in [-0.2, 0) is 13.1 Å². The van der Waals surface area contributed by atoms with E-state index in [-0.39, 0.29) is 5.95 Å². The van der Waals surface area contributed by atoms with Gasteiger partial charge in [0.2, 0.25) is 5.95 Å². The van der Waals surface area contributed by atoms with Crippen molar-refractivity contribution in [2.75, 3.05) is 11.1 Å². The molecule has 0 aliphatic heterocycles. The molecule has 0 amide bonds. The van der Waals surface area contributed by atoms with Crippen LogP contribution in [0.15, 0.2) is 41.3 Å². The number of nitrogens with zero attached hydrogens (tertiary/aromatic N) is 6. The van der Waals surface area contributed by atoms with Crippen LogP contribution in [0.4, 0.5) is 11.8 Å². The molecule has 9 heteroatoms. The second kappa shape index (κ2) is 6.19. The summed E-state index contributed by atoms with van der Waals surface area (Å²) < 4.78 is 7.07. The zero-order valence-corrected chi connectivity index (χ0v) is 13.5. The largest absolute Gasteiger partial charge is 0.368 e. The van der Waals surface area contributed by atoms with Crippen molar-refractivity contribution < 1.29 is 4.52 Å². The average molecular weight is 336 g/mol. The first kappa shape index (κ1) is 15.1. The summed E-state index contributed by atoms with van der Waals surface area (Å²) in [7, 11) is 0. The third kappa shape index (κ3) is 3.11. The Morgan fingerprint density at radius 2 is 2.08 bits per heavy atom. The fraction of sp³-hybridized carbons (Fsp3) is 0.188. The Kier molecular flexibility index (Phi) is 3.73. The lowest BCUT2D eigenvalue weighted by atomic mass is 10.3. The van der Waals surface area contributed by atoms with Crippen molar-refractivity contribution in [2.24, 2.45) is 0 Å². The molecule has 0 radical (unpaired) electrons. The Morgan fingerprint density at radius 1 is 1.24 bits per heavy atom. The molecular weight excluding hydrogens is 320 g/mol. The Labute approximate surface area is 142 Å². The second-order valence-electron chi connectivity index (χ2n) is 5.56. The van der Waals surface area contributed by atoms with Crippen LogP contribution in [0.1, 0.15) is 17.3 Å². The predicted molar refractivity (Wildman–Crippen MR) is 91.6 cm³/mol. The number of nitrogens with two attached hydrogens (primary N) is 1. The molecular formula is C16H16N8O. The summed E-state index contributed by atoms with van der Waals surface area (Å²) in [5.74, 6) is 2.30. The second-order valence-corrected chi connectivity index (χ2v) is 5.56. The lowest BCUT2D eigenvalue weighted by molar-refractivity contribution is 0.391. The maximum Gasteiger partial charge on any atom is 0.222 e. The van der Waals surface area contributed by atoms with Gasteiger partial charge in [0, 0.05) is 24.7 Å². The average Bonchev–Trinajstić information content (AvgIpc) is 3.20. The van der Waals surface area contributed by atoms with E-state index in [0.29, 0.717) is 24.7 Å². The monoisotopic (exact) mass is 336 g/mol. The standard InChI is InChI=1S/C16H16N8O/c1-10-7-11(23-25-10)8-20-15-14-12(21-16(17)22-15)3-6-24(14)9-13-18-4-2-5-19-13/h2-7H,8-9H2,1H3,(H3,17,20,21,22). The van der Waals surface area contributed by atoms with E-state index >= 15 is 0 Å². The van der Waals surface area contributed by atoms with Crippen LogP contribution in [0, 0.1) is 6.92 Å². The maximum absolute atomic E-state index is 5.83. The molecule has 0 saturated carbocycles. The molecule has 4 heterocycles. The van der Waals surface area contributed by atoms with Gasteiger partial charge in [0.25, 0.3) is 0 Å². The van der Waals surface area contributed by atoms with Crippen LogP contribution in [0.3, 0.4) is 0 Å². The topological polar surface area (TPSA) is 121 Å². The molecule has 126 valence electrons. The summed E-state index contributed by atoms with van der Waals surface area (Å²) >= 11 is 0. The minimum absolute atomic E-state index is 0.208. The molecule has 0 atom stereocenters. The fourth-order valence-corrected chi connectivity index (χ4v) is 2.62. The van der Waals surface area contributed by atoms with Gasteiger partial charge in [-0.25, -0.2) is 15.0 Å². The maximum atomic E-state index is 5.83. The van der Waals surface area contributed by atoms with Crippen molar-refractivity contribution in [3.8, 4) is 0 Å². The van der Waals surface area contributed by atoms with Gasteiger partial charge in [-0.1, -0.05) is 5.16 Å². The first-order chi connectivity index (χ1) is 12.2. The highest BCUT2D eigenvalue weighted by Crippen LogP contribution is 2.23. The van der Waals surface area contributed by atoms with E-state index in [1.807, 2.05) is 29.8 Å². The Bertz CT molecular complexity index is 1010. The molecule has 0 fully saturated rings. The van der Waals surface area contributed by atoms with E-state index in [1.165, 1.54) is 0 Å². The molecule has 0 bridgehead atoms. The minimum Gasteiger partial charge on any atom is -0.368 e. The lowest BCUT2D eigenvalue weighted by Gasteiger charge is -2.10. The van der Waals surface area contributed by atoms with Crippen molar-refractivity contribution >= 4 is 22.8 Å². The van der Waals surface area contributed by atoms with E-state index in [4.69, 9.17) is 10.3 Å². The normalized spacial score (nSPS) is 11.1. The number of hydrogen-bond acceptors (Lipinski definition) is 8. The summed E-state index contributed by atoms with van der Waals surface area (Å²) in [6.45, 7) is 2.83. The molecule has 0 aliphatic carbocycles. The molecule has 0 spiro atoms. The molecule has 0 aliphatic rings. The zero-order chi connectivity index (χ0) is 17.2. The van der Waals surface area contributed by atoms with Crippen molar-refractivity contribution in [2.45, 2.75) is 20.0 Å². The van der Waals surface area contributed by atoms with Gasteiger partial charge in [0.15, 0.2) is 5.82 Å². The molecule has 0 unspecified atom stereocenters. The summed E-state index contributed by atoms with van der Waals surface area (Å²) in [6.07, 6.45) is 5.35. The van der Waals surface area contributed by atoms with Gasteiger partial charge in [-0.05, 0) is 19.1 Å². The van der Waals surface area contributed by atoms with Crippen LogP contribution in [0.5, 0.6) is 0 Å². The number of fused-ring (bicyclic) bond motifs is 1. The van der Waals surface area contributed by atoms with Crippen LogP contribution in [0.2, 0.25) is 0 Å². The molecule has 25 heavy (non-hydrogen) atoms. The molecule has 3 N–H and O–H groups in total. The Balaban J connectivity index is 1.68. The van der Waals surface area contributed by atoms with Crippen LogP contribution in [-0.4, -0.2) is 29.7 Å². The third-order valence-corrected chi connectivity index (χ3v) is 3.67. The highest BCUT2D eigenvalue weighted by Gasteiger charge is 2.13. The molecule has 0 saturated heterocycles. The minimum atomic E-state index is 0.208. The van der Waals surface area contributed by atoms with E-state index in [9.17, 15) is 0 Å². The summed E-state index contributed by atoms with van der Waals surface area (Å²) in [6, 6.07) is 5.54. The van der Waals surface area contributed by atoms with E-state index in [1.54, 1.807) is 18.5 Å². The Hall–Kier alpha value is -3.49. The lowest BCUT2D eigenvalue weighted by Crippen LogP contribution is -2.09. The number of aryl methyl sites for hydroxylation is 1. The predicted octanol–water partition coefficient (Wildman–Crippen LogP) is 1.76. The first-order valence-corrected chi connectivity index (χ1v) is 7.73. The van der Waals surface area contributed by atoms with Gasteiger partial charge in [-0.15, -0.1) is 0 Å². The van der Waals surface area contributed by atoms with Crippen LogP contribution < -0.4 is 11.1 Å². The van der Waals surface area contributed by atoms with Crippen LogP contribution in [0.25, 0.3) is 11.0 Å². The highest BCUT2D eigenvalue weighted by molar-refractivity contribution is 5.87. The summed E-state index contributed by atoms with van der Waals surface area (Å²) in [5, 5.41) is 7.23. The van der Waals surface area contributed by atoms with E-state index in [0.717, 1.165) is 22.5 Å². The SMILES string of the molecule is Cc1cc(CNc2nc(N)nc3ccn(Cc4ncccn4)c23)no1. The molecule has 4 aromatic heterocycles. The van der Waals surface area contributed by atoms with Crippen molar-refractivity contribution in [3.63, 3.8) is 0 Å². The number of hydrogen-bond donors (Lipinski definition) is 2. The van der Waals surface area contributed by atoms with Gasteiger partial charge >= 0.3 is 0 Å². The highest BCUT2D eigenvalue weighted by atomic mass is 16.5. The van der Waals surface area contributed by atoms with Gasteiger partial charge in [-0.3, -0.25) is 0 Å². The Morgan fingerprint density at radius 3 is 2.84 bits per heavy atom. The third-order valence-electron chi connectivity index (χ3n) is 3.67. The van der Waals surface area contributed by atoms with Crippen molar-refractivity contribution in [1.29, 1.82) is 0 Å². The van der Waals surface area contributed by atoms with E-state index in [2.05, 4.69) is 30.4 Å². The van der Waals surface area contributed by atoms with Gasteiger partial charge < -0.3 is 20.1 Å². The summed E-state index contributed by atoms with van der Waals surface area (Å²) in [4.78, 5) is 17.1. The molecule has 9 nitrogen and oxygen atoms in total.